The molecule has 0 spiro atoms. The number of rotatable bonds is 10. The predicted molar refractivity (Wildman–Crippen MR) is 174 cm³/mol. The van der Waals surface area contributed by atoms with E-state index in [-0.39, 0.29) is 29.8 Å². The highest BCUT2D eigenvalue weighted by Gasteiger charge is 2.29. The number of hydrogen-bond donors (Lipinski definition) is 3. The van der Waals surface area contributed by atoms with Crippen molar-refractivity contribution in [3.63, 3.8) is 0 Å². The van der Waals surface area contributed by atoms with Crippen molar-refractivity contribution in [1.82, 2.24) is 15.5 Å². The highest BCUT2D eigenvalue weighted by molar-refractivity contribution is 5.84. The van der Waals surface area contributed by atoms with E-state index in [0.29, 0.717) is 41.3 Å². The number of benzene rings is 2. The number of ether oxygens (including phenoxy) is 3. The van der Waals surface area contributed by atoms with E-state index in [9.17, 15) is 14.4 Å². The van der Waals surface area contributed by atoms with Gasteiger partial charge in [0.25, 0.3) is 0 Å². The fourth-order valence-electron chi connectivity index (χ4n) is 6.38. The lowest BCUT2D eigenvalue weighted by Gasteiger charge is -2.32. The molecule has 0 radical (unpaired) electrons. The SMILES string of the molecule is COc1cc2c(c(OC)c1OC)-c1ccc(NCC(=O)NC3CCN(Cc4ccccc4)CC3)c(=O)cc1C(NC(C)=O)CC2. The van der Waals surface area contributed by atoms with Crippen LogP contribution in [0.25, 0.3) is 11.1 Å². The second-order valence-electron chi connectivity index (χ2n) is 11.6. The van der Waals surface area contributed by atoms with E-state index < -0.39 is 6.04 Å². The molecule has 1 saturated heterocycles. The number of nitrogens with one attached hydrogen (secondary N) is 3. The van der Waals surface area contributed by atoms with Crippen LogP contribution in [0, 0.1) is 0 Å². The number of methoxy groups -OCH3 is 3. The van der Waals surface area contributed by atoms with Crippen LogP contribution < -0.4 is 35.6 Å². The fraction of sp³-hybridized carbons (Fsp3) is 0.400. The van der Waals surface area contributed by atoms with Gasteiger partial charge in [0.15, 0.2) is 11.5 Å². The molecule has 3 N–H and O–H groups in total. The molecule has 1 heterocycles. The minimum absolute atomic E-state index is 0.0335. The number of piperidine rings is 1. The summed E-state index contributed by atoms with van der Waals surface area (Å²) in [5, 5.41) is 9.19. The number of fused-ring (bicyclic) bond motifs is 3. The van der Waals surface area contributed by atoms with E-state index in [1.807, 2.05) is 18.2 Å². The maximum atomic E-state index is 13.5. The molecule has 1 atom stereocenters. The van der Waals surface area contributed by atoms with Gasteiger partial charge in [0, 0.05) is 38.2 Å². The van der Waals surface area contributed by atoms with Crippen molar-refractivity contribution in [1.29, 1.82) is 0 Å². The van der Waals surface area contributed by atoms with E-state index in [0.717, 1.165) is 49.2 Å². The number of carbonyl (C=O) groups is 2. The van der Waals surface area contributed by atoms with E-state index in [1.54, 1.807) is 33.5 Å². The number of aryl methyl sites for hydroxylation is 1. The quantitative estimate of drug-likeness (QED) is 0.313. The number of likely N-dealkylation sites (tertiary alicyclic amines) is 1. The number of hydrogen-bond acceptors (Lipinski definition) is 8. The Balaban J connectivity index is 1.34. The zero-order chi connectivity index (χ0) is 31.9. The molecule has 0 bridgehead atoms. The number of anilines is 1. The Bertz CT molecular complexity index is 1590. The van der Waals surface area contributed by atoms with Crippen LogP contribution in [-0.2, 0) is 22.6 Å². The van der Waals surface area contributed by atoms with E-state index >= 15 is 0 Å². The van der Waals surface area contributed by atoms with E-state index in [1.165, 1.54) is 12.5 Å². The van der Waals surface area contributed by atoms with Gasteiger partial charge in [-0.2, -0.15) is 0 Å². The van der Waals surface area contributed by atoms with Crippen LogP contribution in [0.4, 0.5) is 5.69 Å². The van der Waals surface area contributed by atoms with Crippen molar-refractivity contribution in [2.75, 3.05) is 46.3 Å². The molecule has 1 unspecified atom stereocenters. The van der Waals surface area contributed by atoms with Gasteiger partial charge in [0.05, 0.1) is 39.6 Å². The van der Waals surface area contributed by atoms with Gasteiger partial charge in [-0.1, -0.05) is 36.4 Å². The predicted octanol–water partition coefficient (Wildman–Crippen LogP) is 4.06. The summed E-state index contributed by atoms with van der Waals surface area (Å²) in [5.41, 5.74) is 4.41. The van der Waals surface area contributed by atoms with Crippen molar-refractivity contribution < 1.29 is 23.8 Å². The molecule has 1 aliphatic heterocycles. The monoisotopic (exact) mass is 614 g/mol. The highest BCUT2D eigenvalue weighted by atomic mass is 16.5. The summed E-state index contributed by atoms with van der Waals surface area (Å²) in [5.74, 6) is 1.10. The van der Waals surface area contributed by atoms with Gasteiger partial charge in [0.1, 0.15) is 0 Å². The third-order valence-electron chi connectivity index (χ3n) is 8.56. The molecule has 10 nitrogen and oxygen atoms in total. The Hall–Kier alpha value is -4.57. The van der Waals surface area contributed by atoms with Crippen LogP contribution in [-0.4, -0.2) is 63.7 Å². The zero-order valence-electron chi connectivity index (χ0n) is 26.4. The van der Waals surface area contributed by atoms with Gasteiger partial charge in [-0.25, -0.2) is 0 Å². The second-order valence-corrected chi connectivity index (χ2v) is 11.6. The average Bonchev–Trinajstić information content (AvgIpc) is 3.28. The van der Waals surface area contributed by atoms with Crippen molar-refractivity contribution in [2.24, 2.45) is 0 Å². The lowest BCUT2D eigenvalue weighted by atomic mass is 9.95. The third kappa shape index (κ3) is 7.39. The lowest BCUT2D eigenvalue weighted by Crippen LogP contribution is -2.45. The molecule has 45 heavy (non-hydrogen) atoms. The van der Waals surface area contributed by atoms with Crippen molar-refractivity contribution in [3.05, 3.63) is 81.5 Å². The van der Waals surface area contributed by atoms with Gasteiger partial charge in [-0.3, -0.25) is 19.3 Å². The Labute approximate surface area is 264 Å². The summed E-state index contributed by atoms with van der Waals surface area (Å²) >= 11 is 0. The summed E-state index contributed by atoms with van der Waals surface area (Å²) in [6.45, 7) is 4.16. The molecule has 1 aliphatic carbocycles. The summed E-state index contributed by atoms with van der Waals surface area (Å²) < 4.78 is 17.1. The fourth-order valence-corrected chi connectivity index (χ4v) is 6.38. The number of carbonyl (C=O) groups excluding carboxylic acids is 2. The standard InChI is InChI=1S/C35H42N4O6/c1-22(40)37-28-12-10-24-18-31(43-2)34(44-3)35(45-4)33(24)26-11-13-29(30(41)19-27(26)28)36-20-32(42)38-25-14-16-39(17-15-25)21-23-8-6-5-7-9-23/h5-9,11,13,18-19,25,28H,10,12,14-17,20-21H2,1-4H3,(H,36,41)(H,37,40)(H,38,42). The van der Waals surface area contributed by atoms with Crippen LogP contribution in [0.5, 0.6) is 17.2 Å². The van der Waals surface area contributed by atoms with Gasteiger partial charge in [0.2, 0.25) is 23.0 Å². The number of amides is 2. The Morgan fingerprint density at radius 3 is 2.29 bits per heavy atom. The minimum atomic E-state index is -0.407. The van der Waals surface area contributed by atoms with Crippen molar-refractivity contribution >= 4 is 17.5 Å². The summed E-state index contributed by atoms with van der Waals surface area (Å²) in [7, 11) is 4.68. The molecule has 0 saturated carbocycles. The molecule has 1 fully saturated rings. The van der Waals surface area contributed by atoms with E-state index in [4.69, 9.17) is 14.2 Å². The molecular formula is C35H42N4O6. The minimum Gasteiger partial charge on any atom is -0.493 e. The normalized spacial score (nSPS) is 16.4. The first-order valence-corrected chi connectivity index (χ1v) is 15.4. The van der Waals surface area contributed by atoms with Crippen LogP contribution in [0.2, 0.25) is 0 Å². The maximum absolute atomic E-state index is 13.5. The Morgan fingerprint density at radius 1 is 0.889 bits per heavy atom. The number of nitrogens with zero attached hydrogens (tertiary/aromatic N) is 1. The first-order chi connectivity index (χ1) is 21.8. The molecule has 3 aromatic carbocycles. The van der Waals surface area contributed by atoms with Crippen LogP contribution in [0.15, 0.2) is 59.4 Å². The van der Waals surface area contributed by atoms with Gasteiger partial charge in [-0.05, 0) is 66.1 Å². The first-order valence-electron chi connectivity index (χ1n) is 15.4. The smallest absolute Gasteiger partial charge is 0.239 e. The summed E-state index contributed by atoms with van der Waals surface area (Å²) in [6, 6.07) is 17.1. The largest absolute Gasteiger partial charge is 0.493 e. The van der Waals surface area contributed by atoms with Crippen LogP contribution >= 0.6 is 0 Å². The topological polar surface area (TPSA) is 118 Å². The molecule has 10 heteroatoms. The van der Waals surface area contributed by atoms with Crippen LogP contribution in [0.1, 0.15) is 48.9 Å². The van der Waals surface area contributed by atoms with Gasteiger partial charge in [-0.15, -0.1) is 0 Å². The van der Waals surface area contributed by atoms with E-state index in [2.05, 4.69) is 45.1 Å². The van der Waals surface area contributed by atoms with Gasteiger partial charge < -0.3 is 30.2 Å². The van der Waals surface area contributed by atoms with Crippen molar-refractivity contribution in [2.45, 2.75) is 51.2 Å². The maximum Gasteiger partial charge on any atom is 0.239 e. The Kier molecular flexibility index (Phi) is 10.2. The molecule has 238 valence electrons. The van der Waals surface area contributed by atoms with Crippen LogP contribution in [0.3, 0.4) is 0 Å². The molecular weight excluding hydrogens is 572 g/mol. The Morgan fingerprint density at radius 2 is 1.62 bits per heavy atom. The average molecular weight is 615 g/mol. The zero-order valence-corrected chi connectivity index (χ0v) is 26.4. The summed E-state index contributed by atoms with van der Waals surface area (Å²) in [6.07, 6.45) is 2.92. The molecule has 3 aromatic rings. The molecule has 0 aromatic heterocycles. The summed E-state index contributed by atoms with van der Waals surface area (Å²) in [4.78, 5) is 41.0. The van der Waals surface area contributed by atoms with Gasteiger partial charge >= 0.3 is 0 Å². The third-order valence-corrected chi connectivity index (χ3v) is 8.56. The van der Waals surface area contributed by atoms with Crippen molar-refractivity contribution in [3.8, 4) is 28.4 Å². The molecule has 2 amide bonds. The lowest BCUT2D eigenvalue weighted by molar-refractivity contribution is -0.121. The molecule has 5 rings (SSSR count). The second kappa shape index (κ2) is 14.5. The first kappa shape index (κ1) is 31.8. The highest BCUT2D eigenvalue weighted by Crippen LogP contribution is 2.50. The molecule has 2 aliphatic rings.